The van der Waals surface area contributed by atoms with E-state index in [2.05, 4.69) is 0 Å². The Kier molecular flexibility index (Phi) is 5.05. The van der Waals surface area contributed by atoms with E-state index in [1.165, 1.54) is 26.4 Å². The van der Waals surface area contributed by atoms with Crippen LogP contribution in [0, 0.1) is 5.82 Å². The van der Waals surface area contributed by atoms with E-state index < -0.39 is 11.9 Å². The first kappa shape index (κ1) is 14.1. The summed E-state index contributed by atoms with van der Waals surface area (Å²) in [7, 11) is 3.06. The van der Waals surface area contributed by atoms with Crippen molar-refractivity contribution in [3.8, 4) is 0 Å². The van der Waals surface area contributed by atoms with Gasteiger partial charge in [-0.1, -0.05) is 12.1 Å². The van der Waals surface area contributed by atoms with E-state index >= 15 is 0 Å². The molecule has 0 saturated heterocycles. The van der Waals surface area contributed by atoms with Crippen molar-refractivity contribution >= 4 is 0 Å². The van der Waals surface area contributed by atoms with Crippen molar-refractivity contribution in [1.29, 1.82) is 0 Å². The lowest BCUT2D eigenvalue weighted by atomic mass is 9.93. The predicted molar refractivity (Wildman–Crippen MR) is 63.2 cm³/mol. The molecule has 0 unspecified atom stereocenters. The van der Waals surface area contributed by atoms with Crippen LogP contribution in [-0.4, -0.2) is 31.2 Å². The van der Waals surface area contributed by atoms with Crippen molar-refractivity contribution in [2.24, 2.45) is 0 Å². The fourth-order valence-electron chi connectivity index (χ4n) is 1.74. The largest absolute Gasteiger partial charge is 0.390 e. The van der Waals surface area contributed by atoms with E-state index in [9.17, 15) is 9.50 Å². The normalized spacial score (nSPS) is 14.9. The van der Waals surface area contributed by atoms with Gasteiger partial charge in [0.1, 0.15) is 5.82 Å². The minimum absolute atomic E-state index is 0.278. The van der Waals surface area contributed by atoms with E-state index in [1.54, 1.807) is 19.1 Å². The van der Waals surface area contributed by atoms with E-state index in [-0.39, 0.29) is 5.82 Å². The van der Waals surface area contributed by atoms with Crippen molar-refractivity contribution in [1.82, 2.24) is 0 Å². The van der Waals surface area contributed by atoms with Crippen molar-refractivity contribution in [2.75, 3.05) is 14.2 Å². The smallest absolute Gasteiger partial charge is 0.159 e. The second-order valence-electron chi connectivity index (χ2n) is 4.41. The zero-order valence-corrected chi connectivity index (χ0v) is 10.4. The maximum atomic E-state index is 12.7. The molecule has 1 aromatic carbocycles. The molecule has 0 amide bonds. The van der Waals surface area contributed by atoms with Crippen LogP contribution >= 0.6 is 0 Å². The Hall–Kier alpha value is -0.970. The topological polar surface area (TPSA) is 38.7 Å². The highest BCUT2D eigenvalue weighted by atomic mass is 19.1. The van der Waals surface area contributed by atoms with Gasteiger partial charge in [0.2, 0.25) is 0 Å². The number of ether oxygens (including phenoxy) is 2. The van der Waals surface area contributed by atoms with Gasteiger partial charge in [0.15, 0.2) is 6.29 Å². The van der Waals surface area contributed by atoms with Crippen LogP contribution in [0.1, 0.15) is 18.9 Å². The molecule has 1 atom stereocenters. The summed E-state index contributed by atoms with van der Waals surface area (Å²) in [6, 6.07) is 6.10. The van der Waals surface area contributed by atoms with Gasteiger partial charge in [-0.05, 0) is 24.6 Å². The number of benzene rings is 1. The third-order valence-corrected chi connectivity index (χ3v) is 2.63. The van der Waals surface area contributed by atoms with E-state index in [0.29, 0.717) is 12.8 Å². The summed E-state index contributed by atoms with van der Waals surface area (Å²) < 4.78 is 22.8. The zero-order chi connectivity index (χ0) is 12.9. The number of hydrogen-bond donors (Lipinski definition) is 1. The summed E-state index contributed by atoms with van der Waals surface area (Å²) in [4.78, 5) is 0. The molecule has 0 radical (unpaired) electrons. The average Bonchev–Trinajstić information content (AvgIpc) is 2.29. The van der Waals surface area contributed by atoms with Gasteiger partial charge in [-0.25, -0.2) is 4.39 Å². The maximum absolute atomic E-state index is 12.7. The van der Waals surface area contributed by atoms with Gasteiger partial charge in [0.25, 0.3) is 0 Å². The standard InChI is InChI=1S/C13H19FO3/c1-13(15,9-12(16-2)17-3)8-10-4-6-11(14)7-5-10/h4-7,12,15H,8-9H2,1-3H3/t13-/m0/s1. The molecule has 0 saturated carbocycles. The summed E-state index contributed by atoms with van der Waals surface area (Å²) in [6.45, 7) is 1.71. The average molecular weight is 242 g/mol. The molecule has 0 aromatic heterocycles. The second kappa shape index (κ2) is 6.10. The molecule has 0 bridgehead atoms. The lowest BCUT2D eigenvalue weighted by molar-refractivity contribution is -0.139. The fraction of sp³-hybridized carbons (Fsp3) is 0.538. The highest BCUT2D eigenvalue weighted by molar-refractivity contribution is 5.17. The summed E-state index contributed by atoms with van der Waals surface area (Å²) in [5, 5.41) is 10.2. The number of methoxy groups -OCH3 is 2. The lowest BCUT2D eigenvalue weighted by Crippen LogP contribution is -2.34. The van der Waals surface area contributed by atoms with E-state index in [0.717, 1.165) is 5.56 Å². The molecule has 0 heterocycles. The number of rotatable bonds is 6. The molecule has 3 nitrogen and oxygen atoms in total. The summed E-state index contributed by atoms with van der Waals surface area (Å²) >= 11 is 0. The van der Waals surface area contributed by atoms with Gasteiger partial charge in [-0.15, -0.1) is 0 Å². The monoisotopic (exact) mass is 242 g/mol. The molecular weight excluding hydrogens is 223 g/mol. The summed E-state index contributed by atoms with van der Waals surface area (Å²) in [6.07, 6.45) is 0.346. The van der Waals surface area contributed by atoms with Crippen molar-refractivity contribution in [3.05, 3.63) is 35.6 Å². The maximum Gasteiger partial charge on any atom is 0.159 e. The van der Waals surface area contributed by atoms with Crippen LogP contribution in [-0.2, 0) is 15.9 Å². The highest BCUT2D eigenvalue weighted by Gasteiger charge is 2.25. The Morgan fingerprint density at radius 3 is 2.24 bits per heavy atom. The molecule has 0 fully saturated rings. The van der Waals surface area contributed by atoms with Gasteiger partial charge in [-0.2, -0.15) is 0 Å². The van der Waals surface area contributed by atoms with Crippen LogP contribution < -0.4 is 0 Å². The molecule has 0 aliphatic carbocycles. The molecule has 1 rings (SSSR count). The minimum atomic E-state index is -0.950. The highest BCUT2D eigenvalue weighted by Crippen LogP contribution is 2.20. The lowest BCUT2D eigenvalue weighted by Gasteiger charge is -2.27. The third-order valence-electron chi connectivity index (χ3n) is 2.63. The second-order valence-corrected chi connectivity index (χ2v) is 4.41. The van der Waals surface area contributed by atoms with E-state index in [4.69, 9.17) is 9.47 Å². The third kappa shape index (κ3) is 4.81. The van der Waals surface area contributed by atoms with Gasteiger partial charge in [0.05, 0.1) is 5.60 Å². The van der Waals surface area contributed by atoms with Crippen molar-refractivity contribution in [2.45, 2.75) is 31.7 Å². The number of hydrogen-bond acceptors (Lipinski definition) is 3. The molecule has 17 heavy (non-hydrogen) atoms. The molecule has 96 valence electrons. The van der Waals surface area contributed by atoms with Crippen molar-refractivity contribution < 1.29 is 19.0 Å². The predicted octanol–water partition coefficient (Wildman–Crippen LogP) is 2.13. The number of halogens is 1. The molecular formula is C13H19FO3. The zero-order valence-electron chi connectivity index (χ0n) is 10.4. The Morgan fingerprint density at radius 2 is 1.76 bits per heavy atom. The Bertz CT molecular complexity index is 331. The van der Waals surface area contributed by atoms with Gasteiger partial charge >= 0.3 is 0 Å². The number of aliphatic hydroxyl groups is 1. The summed E-state index contributed by atoms with van der Waals surface area (Å²) in [5.41, 5.74) is -0.0727. The van der Waals surface area contributed by atoms with Gasteiger partial charge in [0, 0.05) is 27.1 Å². The van der Waals surface area contributed by atoms with Crippen LogP contribution in [0.3, 0.4) is 0 Å². The molecule has 4 heteroatoms. The van der Waals surface area contributed by atoms with Crippen LogP contribution in [0.4, 0.5) is 4.39 Å². The van der Waals surface area contributed by atoms with Crippen molar-refractivity contribution in [3.63, 3.8) is 0 Å². The first-order chi connectivity index (χ1) is 7.96. The quantitative estimate of drug-likeness (QED) is 0.777. The van der Waals surface area contributed by atoms with Crippen LogP contribution in [0.25, 0.3) is 0 Å². The van der Waals surface area contributed by atoms with Crippen LogP contribution in [0.15, 0.2) is 24.3 Å². The fourth-order valence-corrected chi connectivity index (χ4v) is 1.74. The van der Waals surface area contributed by atoms with E-state index in [1.807, 2.05) is 0 Å². The van der Waals surface area contributed by atoms with Crippen LogP contribution in [0.2, 0.25) is 0 Å². The van der Waals surface area contributed by atoms with Gasteiger partial charge in [-0.3, -0.25) is 0 Å². The first-order valence-corrected chi connectivity index (χ1v) is 5.49. The molecule has 1 aromatic rings. The SMILES string of the molecule is COC(C[C@@](C)(O)Cc1ccc(F)cc1)OC. The van der Waals surface area contributed by atoms with Crippen LogP contribution in [0.5, 0.6) is 0 Å². The Balaban J connectivity index is 2.62. The Morgan fingerprint density at radius 1 is 1.24 bits per heavy atom. The molecule has 1 N–H and O–H groups in total. The molecule has 0 spiro atoms. The Labute approximate surface area is 101 Å². The minimum Gasteiger partial charge on any atom is -0.390 e. The molecule has 0 aliphatic heterocycles. The van der Waals surface area contributed by atoms with Gasteiger partial charge < -0.3 is 14.6 Å². The molecule has 0 aliphatic rings. The summed E-state index contributed by atoms with van der Waals surface area (Å²) in [5.74, 6) is -0.278. The first-order valence-electron chi connectivity index (χ1n) is 5.49.